The van der Waals surface area contributed by atoms with E-state index >= 15 is 0 Å². The fraction of sp³-hybridized carbons (Fsp3) is 0.588. The molecule has 2 saturated heterocycles. The zero-order chi connectivity index (χ0) is 17.1. The number of nitro benzene ring substituents is 1. The van der Waals surface area contributed by atoms with E-state index in [1.54, 1.807) is 12.1 Å². The topological polar surface area (TPSA) is 78.7 Å². The molecule has 1 aromatic carbocycles. The molecule has 25 heavy (non-hydrogen) atoms. The number of benzene rings is 1. The summed E-state index contributed by atoms with van der Waals surface area (Å²) in [7, 11) is 1.87. The molecular formula is C17H25ClN4O3. The molecule has 1 amide bonds. The first kappa shape index (κ1) is 19.5. The van der Waals surface area contributed by atoms with E-state index in [0.29, 0.717) is 17.8 Å². The summed E-state index contributed by atoms with van der Waals surface area (Å²) in [6, 6.07) is 5.09. The van der Waals surface area contributed by atoms with Crippen molar-refractivity contribution in [3.63, 3.8) is 0 Å². The highest BCUT2D eigenvalue weighted by molar-refractivity contribution is 5.96. The number of amides is 1. The summed E-state index contributed by atoms with van der Waals surface area (Å²) < 4.78 is 0. The van der Waals surface area contributed by atoms with Crippen LogP contribution in [0.15, 0.2) is 18.2 Å². The Kier molecular flexibility index (Phi) is 6.61. The SMILES string of the molecule is CNCC1CCCN1C(=O)c1ccc(N2CCCC2)c([N+](=O)[O-])c1.Cl. The summed E-state index contributed by atoms with van der Waals surface area (Å²) in [5.74, 6) is -0.108. The molecule has 0 radical (unpaired) electrons. The van der Waals surface area contributed by atoms with Crippen LogP contribution < -0.4 is 10.2 Å². The van der Waals surface area contributed by atoms with Crippen LogP contribution in [-0.2, 0) is 0 Å². The van der Waals surface area contributed by atoms with Crippen molar-refractivity contribution in [2.45, 2.75) is 31.7 Å². The Labute approximate surface area is 153 Å². The summed E-state index contributed by atoms with van der Waals surface area (Å²) >= 11 is 0. The van der Waals surface area contributed by atoms with Gasteiger partial charge in [0.15, 0.2) is 0 Å². The predicted molar refractivity (Wildman–Crippen MR) is 99.8 cm³/mol. The van der Waals surface area contributed by atoms with Gasteiger partial charge in [-0.1, -0.05) is 0 Å². The van der Waals surface area contributed by atoms with Crippen molar-refractivity contribution in [1.82, 2.24) is 10.2 Å². The molecule has 138 valence electrons. The Morgan fingerprint density at radius 1 is 1.28 bits per heavy atom. The lowest BCUT2D eigenvalue weighted by atomic mass is 10.1. The third kappa shape index (κ3) is 4.04. The third-order valence-electron chi connectivity index (χ3n) is 4.94. The molecule has 2 aliphatic heterocycles. The molecule has 8 heteroatoms. The van der Waals surface area contributed by atoms with Crippen LogP contribution in [0, 0.1) is 10.1 Å². The quantitative estimate of drug-likeness (QED) is 0.638. The van der Waals surface area contributed by atoms with E-state index < -0.39 is 0 Å². The van der Waals surface area contributed by atoms with Gasteiger partial charge in [-0.25, -0.2) is 0 Å². The minimum absolute atomic E-state index is 0. The molecule has 0 bridgehead atoms. The number of likely N-dealkylation sites (N-methyl/N-ethyl adjacent to an activating group) is 1. The van der Waals surface area contributed by atoms with Crippen LogP contribution in [0.3, 0.4) is 0 Å². The number of hydrogen-bond donors (Lipinski definition) is 1. The Morgan fingerprint density at radius 2 is 2.00 bits per heavy atom. The lowest BCUT2D eigenvalue weighted by Crippen LogP contribution is -2.40. The van der Waals surface area contributed by atoms with Crippen molar-refractivity contribution in [2.75, 3.05) is 38.1 Å². The first-order chi connectivity index (χ1) is 11.6. The standard InChI is InChI=1S/C17H24N4O3.ClH/c1-18-12-14-5-4-10-20(14)17(22)13-6-7-15(16(11-13)21(23)24)19-8-2-3-9-19;/h6-7,11,14,18H,2-5,8-10,12H2,1H3;1H. The van der Waals surface area contributed by atoms with Crippen molar-refractivity contribution in [1.29, 1.82) is 0 Å². The minimum atomic E-state index is -0.375. The predicted octanol–water partition coefficient (Wildman–Crippen LogP) is 2.44. The van der Waals surface area contributed by atoms with E-state index in [-0.39, 0.29) is 35.0 Å². The number of likely N-dealkylation sites (tertiary alicyclic amines) is 1. The van der Waals surface area contributed by atoms with Crippen LogP contribution in [0.5, 0.6) is 0 Å². The first-order valence-electron chi connectivity index (χ1n) is 8.61. The molecule has 2 heterocycles. The number of nitro groups is 1. The monoisotopic (exact) mass is 368 g/mol. The van der Waals surface area contributed by atoms with Gasteiger partial charge in [0.1, 0.15) is 5.69 Å². The van der Waals surface area contributed by atoms with Crippen LogP contribution in [0.25, 0.3) is 0 Å². The molecule has 0 aliphatic carbocycles. The number of hydrogen-bond acceptors (Lipinski definition) is 5. The van der Waals surface area contributed by atoms with Crippen molar-refractivity contribution in [3.8, 4) is 0 Å². The van der Waals surface area contributed by atoms with Gasteiger partial charge < -0.3 is 15.1 Å². The lowest BCUT2D eigenvalue weighted by molar-refractivity contribution is -0.384. The second-order valence-electron chi connectivity index (χ2n) is 6.51. The Bertz CT molecular complexity index is 634. The third-order valence-corrected chi connectivity index (χ3v) is 4.94. The fourth-order valence-electron chi connectivity index (χ4n) is 3.74. The Hall–Kier alpha value is -1.86. The van der Waals surface area contributed by atoms with Gasteiger partial charge >= 0.3 is 0 Å². The van der Waals surface area contributed by atoms with E-state index in [1.165, 1.54) is 6.07 Å². The molecule has 0 spiro atoms. The van der Waals surface area contributed by atoms with E-state index in [2.05, 4.69) is 5.32 Å². The summed E-state index contributed by atoms with van der Waals surface area (Å²) in [5.41, 5.74) is 1.07. The van der Waals surface area contributed by atoms with Gasteiger partial charge in [0.25, 0.3) is 11.6 Å². The van der Waals surface area contributed by atoms with Crippen LogP contribution in [0.4, 0.5) is 11.4 Å². The number of carbonyl (C=O) groups is 1. The fourth-order valence-corrected chi connectivity index (χ4v) is 3.74. The van der Waals surface area contributed by atoms with E-state index in [4.69, 9.17) is 0 Å². The van der Waals surface area contributed by atoms with Crippen molar-refractivity contribution >= 4 is 29.7 Å². The van der Waals surface area contributed by atoms with Crippen molar-refractivity contribution < 1.29 is 9.72 Å². The summed E-state index contributed by atoms with van der Waals surface area (Å²) in [5, 5.41) is 14.6. The number of anilines is 1. The highest BCUT2D eigenvalue weighted by Crippen LogP contribution is 2.32. The van der Waals surface area contributed by atoms with E-state index in [0.717, 1.165) is 45.3 Å². The maximum atomic E-state index is 12.8. The van der Waals surface area contributed by atoms with Crippen LogP contribution in [0.1, 0.15) is 36.0 Å². The van der Waals surface area contributed by atoms with E-state index in [1.807, 2.05) is 16.8 Å². The Balaban J connectivity index is 0.00000225. The summed E-state index contributed by atoms with van der Waals surface area (Å²) in [6.07, 6.45) is 4.06. The second-order valence-corrected chi connectivity index (χ2v) is 6.51. The molecule has 1 unspecified atom stereocenters. The molecule has 1 aromatic rings. The molecule has 1 atom stereocenters. The molecule has 1 N–H and O–H groups in total. The van der Waals surface area contributed by atoms with Crippen LogP contribution in [-0.4, -0.2) is 55.0 Å². The molecule has 2 aliphatic rings. The summed E-state index contributed by atoms with van der Waals surface area (Å²) in [4.78, 5) is 27.8. The minimum Gasteiger partial charge on any atom is -0.366 e. The number of nitrogens with one attached hydrogen (secondary N) is 1. The van der Waals surface area contributed by atoms with Gasteiger partial charge in [-0.3, -0.25) is 14.9 Å². The van der Waals surface area contributed by atoms with Gasteiger partial charge in [0.05, 0.1) is 4.92 Å². The number of carbonyl (C=O) groups excluding carboxylic acids is 1. The molecule has 0 saturated carbocycles. The molecule has 3 rings (SSSR count). The highest BCUT2D eigenvalue weighted by atomic mass is 35.5. The van der Waals surface area contributed by atoms with Crippen LogP contribution >= 0.6 is 12.4 Å². The average molecular weight is 369 g/mol. The van der Waals surface area contributed by atoms with Crippen molar-refractivity contribution in [2.24, 2.45) is 0 Å². The van der Waals surface area contributed by atoms with Gasteiger partial charge in [0, 0.05) is 43.9 Å². The molecule has 0 aromatic heterocycles. The summed E-state index contributed by atoms with van der Waals surface area (Å²) in [6.45, 7) is 3.14. The van der Waals surface area contributed by atoms with Gasteiger partial charge in [0.2, 0.25) is 0 Å². The van der Waals surface area contributed by atoms with Gasteiger partial charge in [-0.15, -0.1) is 12.4 Å². The van der Waals surface area contributed by atoms with Gasteiger partial charge in [-0.2, -0.15) is 0 Å². The molecular weight excluding hydrogens is 344 g/mol. The van der Waals surface area contributed by atoms with Crippen LogP contribution in [0.2, 0.25) is 0 Å². The maximum absolute atomic E-state index is 12.8. The maximum Gasteiger partial charge on any atom is 0.293 e. The molecule has 7 nitrogen and oxygen atoms in total. The number of halogens is 1. The van der Waals surface area contributed by atoms with E-state index in [9.17, 15) is 14.9 Å². The zero-order valence-electron chi connectivity index (χ0n) is 14.4. The average Bonchev–Trinajstić information content (AvgIpc) is 3.25. The zero-order valence-corrected chi connectivity index (χ0v) is 15.3. The molecule has 2 fully saturated rings. The highest BCUT2D eigenvalue weighted by Gasteiger charge is 2.31. The normalized spacial score (nSPS) is 19.8. The second kappa shape index (κ2) is 8.49. The first-order valence-corrected chi connectivity index (χ1v) is 8.61. The Morgan fingerprint density at radius 3 is 2.64 bits per heavy atom. The van der Waals surface area contributed by atoms with Crippen molar-refractivity contribution in [3.05, 3.63) is 33.9 Å². The van der Waals surface area contributed by atoms with Gasteiger partial charge in [-0.05, 0) is 44.9 Å². The lowest BCUT2D eigenvalue weighted by Gasteiger charge is -2.25. The number of nitrogens with zero attached hydrogens (tertiary/aromatic N) is 3. The smallest absolute Gasteiger partial charge is 0.293 e. The largest absolute Gasteiger partial charge is 0.366 e. The number of rotatable bonds is 5.